The lowest BCUT2D eigenvalue weighted by Crippen LogP contribution is -2.59. The SMILES string of the molecule is CC(C)(C)[Si](Cl)(c1ccccc1)c1ccccc1.CC1O[C@@H]2[C@H](C)O[C@@]1(CO)[C@H]2C. The molecule has 2 bridgehead atoms. The van der Waals surface area contributed by atoms with Crippen LogP contribution in [0.2, 0.25) is 5.04 Å². The first-order valence-electron chi connectivity index (χ1n) is 10.8. The van der Waals surface area contributed by atoms with E-state index in [2.05, 4.69) is 76.2 Å². The zero-order valence-electron chi connectivity index (χ0n) is 18.9. The Bertz CT molecular complexity index is 784. The number of fused-ring (bicyclic) bond motifs is 2. The van der Waals surface area contributed by atoms with Gasteiger partial charge in [-0.1, -0.05) is 88.4 Å². The third-order valence-electron chi connectivity index (χ3n) is 6.80. The van der Waals surface area contributed by atoms with E-state index < -0.39 is 13.0 Å². The van der Waals surface area contributed by atoms with Crippen LogP contribution in [0.1, 0.15) is 41.5 Å². The van der Waals surface area contributed by atoms with E-state index in [1.807, 2.05) is 26.0 Å². The van der Waals surface area contributed by atoms with Crippen molar-refractivity contribution in [1.82, 2.24) is 0 Å². The number of aliphatic hydroxyl groups is 1. The zero-order valence-corrected chi connectivity index (χ0v) is 20.7. The molecule has 1 unspecified atom stereocenters. The van der Waals surface area contributed by atoms with Crippen molar-refractivity contribution in [3.05, 3.63) is 60.7 Å². The number of aliphatic hydroxyl groups excluding tert-OH is 1. The van der Waals surface area contributed by atoms with Crippen molar-refractivity contribution in [3.63, 3.8) is 0 Å². The van der Waals surface area contributed by atoms with Gasteiger partial charge in [0.05, 0.1) is 24.9 Å². The van der Waals surface area contributed by atoms with Crippen LogP contribution in [0.5, 0.6) is 0 Å². The highest BCUT2D eigenvalue weighted by Gasteiger charge is 2.61. The second kappa shape index (κ2) is 8.76. The second-order valence-corrected chi connectivity index (χ2v) is 15.3. The Morgan fingerprint density at radius 3 is 1.70 bits per heavy atom. The van der Waals surface area contributed by atoms with Crippen molar-refractivity contribution < 1.29 is 14.6 Å². The molecule has 0 amide bonds. The third-order valence-corrected chi connectivity index (χ3v) is 14.1. The Morgan fingerprint density at radius 1 is 0.933 bits per heavy atom. The minimum atomic E-state index is -2.23. The van der Waals surface area contributed by atoms with Crippen LogP contribution in [0.3, 0.4) is 0 Å². The van der Waals surface area contributed by atoms with Crippen LogP contribution >= 0.6 is 11.1 Å². The predicted molar refractivity (Wildman–Crippen MR) is 127 cm³/mol. The van der Waals surface area contributed by atoms with Crippen LogP contribution in [0.4, 0.5) is 0 Å². The van der Waals surface area contributed by atoms with Gasteiger partial charge in [0.25, 0.3) is 0 Å². The van der Waals surface area contributed by atoms with Gasteiger partial charge in [-0.15, -0.1) is 0 Å². The maximum absolute atomic E-state index is 9.30. The second-order valence-electron chi connectivity index (χ2n) is 9.61. The van der Waals surface area contributed by atoms with Crippen LogP contribution in [-0.2, 0) is 9.47 Å². The molecule has 4 rings (SSSR count). The van der Waals surface area contributed by atoms with E-state index in [0.29, 0.717) is 5.92 Å². The van der Waals surface area contributed by atoms with Crippen LogP contribution in [0.25, 0.3) is 0 Å². The normalized spacial score (nSPS) is 30.7. The van der Waals surface area contributed by atoms with Crippen LogP contribution < -0.4 is 10.4 Å². The van der Waals surface area contributed by atoms with E-state index in [1.165, 1.54) is 10.4 Å². The van der Waals surface area contributed by atoms with E-state index in [0.717, 1.165) is 0 Å². The molecule has 0 aromatic heterocycles. The predicted octanol–water partition coefficient (Wildman–Crippen LogP) is 4.34. The van der Waals surface area contributed by atoms with Crippen LogP contribution in [0, 0.1) is 5.92 Å². The molecule has 2 aliphatic heterocycles. The standard InChI is InChI=1S/C16H19ClSi.C9H16O3/c1-16(2,3)18(17,14-10-6-4-7-11-14)15-12-8-5-9-13-15;1-5-8-6(2)12-9(5,4-10)7(3)11-8/h4-13H,1-3H3;5-8,10H,4H2,1-3H3/t;5-,6-,7?,8-,9-/m.0/s1. The van der Waals surface area contributed by atoms with Crippen LogP contribution in [-0.4, -0.2) is 43.0 Å². The van der Waals surface area contributed by atoms with Gasteiger partial charge in [-0.3, -0.25) is 0 Å². The topological polar surface area (TPSA) is 38.7 Å². The summed E-state index contributed by atoms with van der Waals surface area (Å²) < 4.78 is 11.4. The van der Waals surface area contributed by atoms with Crippen molar-refractivity contribution in [1.29, 1.82) is 0 Å². The summed E-state index contributed by atoms with van der Waals surface area (Å²) in [6, 6.07) is 21.1. The van der Waals surface area contributed by atoms with Gasteiger partial charge in [-0.05, 0) is 29.3 Å². The third kappa shape index (κ3) is 3.89. The first-order chi connectivity index (χ1) is 14.1. The Morgan fingerprint density at radius 2 is 1.40 bits per heavy atom. The van der Waals surface area contributed by atoms with Gasteiger partial charge in [0.2, 0.25) is 7.38 Å². The van der Waals surface area contributed by atoms with Gasteiger partial charge in [0, 0.05) is 5.92 Å². The van der Waals surface area contributed by atoms with Gasteiger partial charge in [0.1, 0.15) is 5.60 Å². The average Bonchev–Trinajstić information content (AvgIpc) is 3.13. The highest BCUT2D eigenvalue weighted by molar-refractivity contribution is 7.35. The molecule has 0 aliphatic carbocycles. The molecule has 2 heterocycles. The molecule has 5 atom stereocenters. The Labute approximate surface area is 187 Å². The maximum Gasteiger partial charge on any atom is 0.222 e. The average molecular weight is 447 g/mol. The fourth-order valence-electron chi connectivity index (χ4n) is 4.93. The number of halogens is 1. The maximum atomic E-state index is 9.30. The van der Waals surface area contributed by atoms with E-state index in [1.54, 1.807) is 0 Å². The summed E-state index contributed by atoms with van der Waals surface area (Å²) in [5.41, 5.74) is -0.427. The van der Waals surface area contributed by atoms with Crippen molar-refractivity contribution >= 4 is 28.8 Å². The molecule has 0 spiro atoms. The zero-order chi connectivity index (χ0) is 22.2. The van der Waals surface area contributed by atoms with Gasteiger partial charge < -0.3 is 14.6 Å². The molecule has 164 valence electrons. The van der Waals surface area contributed by atoms with Crippen molar-refractivity contribution in [2.24, 2.45) is 5.92 Å². The highest BCUT2D eigenvalue weighted by atomic mass is 35.6. The monoisotopic (exact) mass is 446 g/mol. The molecule has 30 heavy (non-hydrogen) atoms. The molecule has 3 nitrogen and oxygen atoms in total. The highest BCUT2D eigenvalue weighted by Crippen LogP contribution is 2.47. The minimum absolute atomic E-state index is 0.0266. The molecule has 1 N–H and O–H groups in total. The largest absolute Gasteiger partial charge is 0.393 e. The lowest BCUT2D eigenvalue weighted by atomic mass is 9.87. The number of ether oxygens (including phenoxy) is 2. The van der Waals surface area contributed by atoms with E-state index in [-0.39, 0.29) is 30.0 Å². The summed E-state index contributed by atoms with van der Waals surface area (Å²) in [5.74, 6) is 0.312. The molecule has 2 aromatic rings. The van der Waals surface area contributed by atoms with E-state index in [9.17, 15) is 5.11 Å². The summed E-state index contributed by atoms with van der Waals surface area (Å²) in [6.07, 6.45) is 0.328. The molecule has 5 heteroatoms. The van der Waals surface area contributed by atoms with Gasteiger partial charge in [-0.25, -0.2) is 0 Å². The minimum Gasteiger partial charge on any atom is -0.393 e. The van der Waals surface area contributed by atoms with Crippen molar-refractivity contribution in [2.75, 3.05) is 6.61 Å². The molecule has 2 aromatic carbocycles. The lowest BCUT2D eigenvalue weighted by molar-refractivity contribution is -0.187. The molecule has 0 radical (unpaired) electrons. The fraction of sp³-hybridized carbons (Fsp3) is 0.520. The first-order valence-corrected chi connectivity index (χ1v) is 13.8. The fourth-order valence-corrected chi connectivity index (χ4v) is 9.05. The number of hydrogen-bond acceptors (Lipinski definition) is 3. The Hall–Kier alpha value is -1.17. The smallest absolute Gasteiger partial charge is 0.222 e. The Balaban J connectivity index is 0.000000184. The van der Waals surface area contributed by atoms with Gasteiger partial charge in [0.15, 0.2) is 0 Å². The van der Waals surface area contributed by atoms with Crippen molar-refractivity contribution in [3.8, 4) is 0 Å². The number of rotatable bonds is 3. The van der Waals surface area contributed by atoms with E-state index >= 15 is 0 Å². The van der Waals surface area contributed by atoms with Gasteiger partial charge in [-0.2, -0.15) is 11.1 Å². The lowest BCUT2D eigenvalue weighted by Gasteiger charge is -2.38. The Kier molecular flexibility index (Phi) is 6.85. The summed E-state index contributed by atoms with van der Waals surface area (Å²) in [5, 5.41) is 11.9. The molecule has 2 aliphatic rings. The summed E-state index contributed by atoms with van der Waals surface area (Å²) in [7, 11) is -2.23. The number of benzene rings is 2. The van der Waals surface area contributed by atoms with Crippen LogP contribution in [0.15, 0.2) is 60.7 Å². The molecular formula is C25H35ClO3Si. The number of hydrogen-bond donors (Lipinski definition) is 1. The first kappa shape index (κ1) is 23.5. The molecular weight excluding hydrogens is 412 g/mol. The molecule has 2 fully saturated rings. The quantitative estimate of drug-likeness (QED) is 0.562. The summed E-state index contributed by atoms with van der Waals surface area (Å²) in [4.78, 5) is 0. The van der Waals surface area contributed by atoms with Gasteiger partial charge >= 0.3 is 0 Å². The van der Waals surface area contributed by atoms with E-state index in [4.69, 9.17) is 20.6 Å². The van der Waals surface area contributed by atoms with Crippen molar-refractivity contribution in [2.45, 2.75) is 70.5 Å². The summed E-state index contributed by atoms with van der Waals surface area (Å²) in [6.45, 7) is 12.9. The summed E-state index contributed by atoms with van der Waals surface area (Å²) >= 11 is 7.21. The molecule has 0 saturated carbocycles. The molecule has 2 saturated heterocycles.